The van der Waals surface area contributed by atoms with Crippen LogP contribution in [0.15, 0.2) is 36.4 Å². The molecule has 0 bridgehead atoms. The fourth-order valence-electron chi connectivity index (χ4n) is 5.52. The van der Waals surface area contributed by atoms with Crippen LogP contribution in [-0.2, 0) is 22.2 Å². The first-order valence-electron chi connectivity index (χ1n) is 12.6. The summed E-state index contributed by atoms with van der Waals surface area (Å²) in [6.07, 6.45) is -2.68. The number of nitriles is 1. The Kier molecular flexibility index (Phi) is 7.01. The van der Waals surface area contributed by atoms with E-state index < -0.39 is 46.2 Å². The lowest BCUT2D eigenvalue weighted by molar-refractivity contribution is -0.141. The van der Waals surface area contributed by atoms with Crippen LogP contribution >= 0.6 is 12.6 Å². The molecule has 2 aliphatic heterocycles. The zero-order valence-electron chi connectivity index (χ0n) is 20.8. The third kappa shape index (κ3) is 4.72. The first kappa shape index (κ1) is 27.3. The number of aryl methyl sites for hydroxylation is 1. The van der Waals surface area contributed by atoms with Crippen LogP contribution in [0, 0.1) is 17.1 Å². The highest BCUT2D eigenvalue weighted by Crippen LogP contribution is 2.50. The minimum atomic E-state index is -4.79. The maximum atomic E-state index is 15.2. The molecule has 206 valence electrons. The molecule has 2 amide bonds. The number of amides is 2. The molecule has 1 unspecified atom stereocenters. The molecule has 0 radical (unpaired) electrons. The van der Waals surface area contributed by atoms with Crippen LogP contribution in [0.5, 0.6) is 0 Å². The number of hydrogen-bond donors (Lipinski definition) is 2. The van der Waals surface area contributed by atoms with Gasteiger partial charge in [0.15, 0.2) is 5.50 Å². The van der Waals surface area contributed by atoms with Crippen LogP contribution in [0.25, 0.3) is 0 Å². The predicted molar refractivity (Wildman–Crippen MR) is 137 cm³/mol. The smallest absolute Gasteiger partial charge is 0.389 e. The van der Waals surface area contributed by atoms with Crippen molar-refractivity contribution in [2.45, 2.75) is 61.8 Å². The second kappa shape index (κ2) is 10.0. The Morgan fingerprint density at radius 3 is 2.41 bits per heavy atom. The second-order valence-corrected chi connectivity index (χ2v) is 10.7. The van der Waals surface area contributed by atoms with Crippen molar-refractivity contribution in [3.8, 4) is 6.07 Å². The molecule has 2 aromatic carbocycles. The zero-order valence-corrected chi connectivity index (χ0v) is 21.7. The number of benzene rings is 2. The summed E-state index contributed by atoms with van der Waals surface area (Å²) in [7, 11) is 0. The summed E-state index contributed by atoms with van der Waals surface area (Å²) in [5, 5.41) is 18.5. The molecule has 0 aromatic heterocycles. The molecule has 2 heterocycles. The number of carbonyl (C=O) groups is 2. The van der Waals surface area contributed by atoms with Gasteiger partial charge < -0.3 is 14.9 Å². The van der Waals surface area contributed by atoms with Crippen LogP contribution in [-0.4, -0.2) is 52.1 Å². The minimum Gasteiger partial charge on any atom is -0.389 e. The Morgan fingerprint density at radius 2 is 1.85 bits per heavy atom. The average Bonchev–Trinajstić information content (AvgIpc) is 3.08. The number of rotatable bonds is 6. The predicted octanol–water partition coefficient (Wildman–Crippen LogP) is 4.23. The normalized spacial score (nSPS) is 20.7. The van der Waals surface area contributed by atoms with Crippen LogP contribution < -0.4 is 9.80 Å². The molecule has 3 fully saturated rings. The molecule has 1 atom stereocenters. The Hall–Kier alpha value is -3.30. The summed E-state index contributed by atoms with van der Waals surface area (Å²) in [5.74, 6) is -1.03. The van der Waals surface area contributed by atoms with Crippen molar-refractivity contribution in [1.29, 1.82) is 5.26 Å². The Labute approximate surface area is 228 Å². The first-order valence-corrected chi connectivity index (χ1v) is 13.1. The van der Waals surface area contributed by atoms with E-state index in [0.717, 1.165) is 18.6 Å². The minimum absolute atomic E-state index is 0.0448. The van der Waals surface area contributed by atoms with Crippen LogP contribution in [0.2, 0.25) is 0 Å². The molecule has 1 spiro atoms. The van der Waals surface area contributed by atoms with E-state index in [-0.39, 0.29) is 18.0 Å². The lowest BCUT2D eigenvalue weighted by Gasteiger charge is -2.44. The number of hydrogen-bond acceptors (Lipinski definition) is 6. The highest BCUT2D eigenvalue weighted by molar-refractivity contribution is 7.81. The number of thiol groups is 1. The number of anilines is 2. The van der Waals surface area contributed by atoms with Gasteiger partial charge in [0.05, 0.1) is 23.3 Å². The SMILES string of the molecule is N#Cc1ccc(N2C(=O)C3(CCC3)N(c3ccc(CCCC(=O)N4CC(O)C4)c(F)c3)C2S)cc1C(F)(F)F. The molecule has 5 rings (SSSR count). The zero-order chi connectivity index (χ0) is 28.1. The number of β-amino-alcohol motifs (C(OH)–C–C–N with tert-alkyl or cyclic N) is 1. The molecule has 3 aliphatic rings. The van der Waals surface area contributed by atoms with Crippen molar-refractivity contribution < 1.29 is 32.3 Å². The third-order valence-electron chi connectivity index (χ3n) is 7.79. The van der Waals surface area contributed by atoms with Crippen molar-refractivity contribution >= 4 is 35.8 Å². The standard InChI is InChI=1S/C27H26F4N4O3S/c28-22-12-19(8-5-16(22)3-1-4-23(37)33-14-20(36)15-33)35-25(39)34(24(38)26(35)9-2-10-26)18-7-6-17(13-32)21(11-18)27(29,30)31/h5-8,11-12,20,25,36,39H,1-4,9-10,14-15H2. The van der Waals surface area contributed by atoms with E-state index >= 15 is 4.39 Å². The van der Waals surface area contributed by atoms with E-state index in [2.05, 4.69) is 12.6 Å². The molecule has 7 nitrogen and oxygen atoms in total. The van der Waals surface area contributed by atoms with Crippen LogP contribution in [0.3, 0.4) is 0 Å². The van der Waals surface area contributed by atoms with Crippen molar-refractivity contribution in [2.24, 2.45) is 0 Å². The molecule has 1 N–H and O–H groups in total. The van der Waals surface area contributed by atoms with E-state index in [1.807, 2.05) is 0 Å². The third-order valence-corrected chi connectivity index (χ3v) is 8.26. The first-order chi connectivity index (χ1) is 18.5. The van der Waals surface area contributed by atoms with E-state index in [4.69, 9.17) is 5.26 Å². The quantitative estimate of drug-likeness (QED) is 0.407. The lowest BCUT2D eigenvalue weighted by atomic mass is 9.75. The fourth-order valence-corrected chi connectivity index (χ4v) is 6.11. The van der Waals surface area contributed by atoms with Gasteiger partial charge in [0.2, 0.25) is 5.91 Å². The largest absolute Gasteiger partial charge is 0.417 e. The van der Waals surface area contributed by atoms with Gasteiger partial charge in [-0.15, -0.1) is 12.6 Å². The fraction of sp³-hybridized carbons (Fsp3) is 0.444. The summed E-state index contributed by atoms with van der Waals surface area (Å²) in [6.45, 7) is 0.639. The number of alkyl halides is 3. The average molecular weight is 563 g/mol. The molecule has 2 saturated heterocycles. The van der Waals surface area contributed by atoms with Crippen molar-refractivity contribution in [2.75, 3.05) is 22.9 Å². The molecule has 1 aliphatic carbocycles. The summed E-state index contributed by atoms with van der Waals surface area (Å²) in [5.41, 5.74) is -3.01. The Bertz CT molecular complexity index is 1350. The van der Waals surface area contributed by atoms with E-state index in [1.54, 1.807) is 21.9 Å². The van der Waals surface area contributed by atoms with E-state index in [9.17, 15) is 27.9 Å². The topological polar surface area (TPSA) is 87.9 Å². The van der Waals surface area contributed by atoms with Gasteiger partial charge >= 0.3 is 6.18 Å². The van der Waals surface area contributed by atoms with Gasteiger partial charge in [-0.3, -0.25) is 14.5 Å². The number of likely N-dealkylation sites (tertiary alicyclic amines) is 1. The molecule has 2 aromatic rings. The number of carbonyl (C=O) groups excluding carboxylic acids is 2. The van der Waals surface area contributed by atoms with Gasteiger partial charge in [-0.05, 0) is 68.0 Å². The Balaban J connectivity index is 1.37. The number of nitrogens with zero attached hydrogens (tertiary/aromatic N) is 4. The lowest BCUT2D eigenvalue weighted by Crippen LogP contribution is -2.55. The van der Waals surface area contributed by atoms with E-state index in [0.29, 0.717) is 50.0 Å². The summed E-state index contributed by atoms with van der Waals surface area (Å²) >= 11 is 4.60. The van der Waals surface area contributed by atoms with Crippen LogP contribution in [0.4, 0.5) is 28.9 Å². The van der Waals surface area contributed by atoms with Gasteiger partial charge in [0, 0.05) is 30.9 Å². The van der Waals surface area contributed by atoms with Gasteiger partial charge in [-0.25, -0.2) is 4.39 Å². The molecular formula is C27H26F4N4O3S. The van der Waals surface area contributed by atoms with Crippen molar-refractivity contribution in [3.63, 3.8) is 0 Å². The summed E-state index contributed by atoms with van der Waals surface area (Å²) < 4.78 is 56.0. The van der Waals surface area contributed by atoms with Crippen molar-refractivity contribution in [1.82, 2.24) is 4.90 Å². The van der Waals surface area contributed by atoms with Gasteiger partial charge in [-0.2, -0.15) is 18.4 Å². The number of aliphatic hydroxyl groups is 1. The van der Waals surface area contributed by atoms with Gasteiger partial charge in [0.1, 0.15) is 11.4 Å². The van der Waals surface area contributed by atoms with Crippen molar-refractivity contribution in [3.05, 3.63) is 58.9 Å². The monoisotopic (exact) mass is 562 g/mol. The summed E-state index contributed by atoms with van der Waals surface area (Å²) in [6, 6.07) is 9.18. The highest BCUT2D eigenvalue weighted by Gasteiger charge is 2.60. The van der Waals surface area contributed by atoms with Crippen LogP contribution in [0.1, 0.15) is 48.8 Å². The number of halogens is 4. The molecule has 12 heteroatoms. The Morgan fingerprint density at radius 1 is 1.15 bits per heavy atom. The maximum absolute atomic E-state index is 15.2. The maximum Gasteiger partial charge on any atom is 0.417 e. The van der Waals surface area contributed by atoms with E-state index in [1.165, 1.54) is 23.1 Å². The highest BCUT2D eigenvalue weighted by atomic mass is 32.1. The number of aliphatic hydroxyl groups excluding tert-OH is 1. The molecular weight excluding hydrogens is 536 g/mol. The molecule has 1 saturated carbocycles. The molecule has 39 heavy (non-hydrogen) atoms. The second-order valence-electron chi connectivity index (χ2n) is 10.2. The van der Waals surface area contributed by atoms with Gasteiger partial charge in [-0.1, -0.05) is 6.07 Å². The van der Waals surface area contributed by atoms with Gasteiger partial charge in [0.25, 0.3) is 5.91 Å². The summed E-state index contributed by atoms with van der Waals surface area (Å²) in [4.78, 5) is 30.1.